The average molecular weight is 512 g/mol. The first-order valence-corrected chi connectivity index (χ1v) is 13.0. The van der Waals surface area contributed by atoms with E-state index in [2.05, 4.69) is 36.4 Å². The number of pyridine rings is 1. The van der Waals surface area contributed by atoms with Crippen molar-refractivity contribution < 1.29 is 9.53 Å². The van der Waals surface area contributed by atoms with Gasteiger partial charge < -0.3 is 15.5 Å². The molecule has 1 saturated carbocycles. The first-order valence-electron chi connectivity index (χ1n) is 10.4. The van der Waals surface area contributed by atoms with Gasteiger partial charge in [0, 0.05) is 39.4 Å². The predicted octanol–water partition coefficient (Wildman–Crippen LogP) is 4.29. The van der Waals surface area contributed by atoms with Crippen LogP contribution in [0.2, 0.25) is 5.15 Å². The van der Waals surface area contributed by atoms with Gasteiger partial charge in [0.05, 0.1) is 17.8 Å². The number of nitrogens with two attached hydrogens (primary N) is 2. The molecule has 32 heavy (non-hydrogen) atoms. The number of thiol groups is 1. The second kappa shape index (κ2) is 9.90. The minimum Gasteiger partial charge on any atom is -0.395 e. The van der Waals surface area contributed by atoms with Gasteiger partial charge in [0.1, 0.15) is 21.3 Å². The molecule has 2 aliphatic rings. The Morgan fingerprint density at radius 3 is 2.94 bits per heavy atom. The predicted molar refractivity (Wildman–Crippen MR) is 132 cm³/mol. The summed E-state index contributed by atoms with van der Waals surface area (Å²) in [6, 6.07) is 1.90. The van der Waals surface area contributed by atoms with Gasteiger partial charge in [-0.3, -0.25) is 9.78 Å². The van der Waals surface area contributed by atoms with E-state index in [1.54, 1.807) is 22.8 Å². The van der Waals surface area contributed by atoms with Gasteiger partial charge >= 0.3 is 0 Å². The van der Waals surface area contributed by atoms with Crippen LogP contribution in [0.15, 0.2) is 33.6 Å². The third kappa shape index (κ3) is 4.80. The van der Waals surface area contributed by atoms with Gasteiger partial charge in [0.15, 0.2) is 6.29 Å². The summed E-state index contributed by atoms with van der Waals surface area (Å²) in [5.41, 5.74) is 6.98. The zero-order valence-corrected chi connectivity index (χ0v) is 21.0. The van der Waals surface area contributed by atoms with Gasteiger partial charge in [-0.05, 0) is 18.4 Å². The van der Waals surface area contributed by atoms with Crippen molar-refractivity contribution in [2.45, 2.75) is 54.1 Å². The molecule has 2 fully saturated rings. The molecule has 11 heteroatoms. The van der Waals surface area contributed by atoms with Crippen molar-refractivity contribution in [2.24, 2.45) is 29.3 Å². The number of carbonyl (C=O) groups is 1. The van der Waals surface area contributed by atoms with Crippen LogP contribution in [0.25, 0.3) is 5.70 Å². The van der Waals surface area contributed by atoms with Crippen LogP contribution < -0.4 is 11.6 Å². The van der Waals surface area contributed by atoms with E-state index in [0.29, 0.717) is 38.3 Å². The maximum Gasteiger partial charge on any atom is 0.169 e. The van der Waals surface area contributed by atoms with Gasteiger partial charge in [-0.25, -0.2) is 10.8 Å². The van der Waals surface area contributed by atoms with E-state index in [9.17, 15) is 4.79 Å². The lowest BCUT2D eigenvalue weighted by Gasteiger charge is -2.41. The van der Waals surface area contributed by atoms with Gasteiger partial charge in [-0.1, -0.05) is 43.6 Å². The van der Waals surface area contributed by atoms with E-state index < -0.39 is 0 Å². The Bertz CT molecular complexity index is 1020. The zero-order valence-electron chi connectivity index (χ0n) is 17.7. The molecule has 0 bridgehead atoms. The molecule has 0 amide bonds. The standard InChI is InChI=1S/C21H26ClN5O2S3/c1-3-4-12-18(27(24)7-13(23)20-26-16(22)9-31-20)17-10(2)19(17)29-21(12)32-15-5-11(30)6-25-14(15)8-28/h5-10,12,17-19,21,30H,3-4,23-24H2,1-2H3/b13-7-. The normalized spacial score (nSPS) is 29.5. The summed E-state index contributed by atoms with van der Waals surface area (Å²) >= 11 is 13.2. The van der Waals surface area contributed by atoms with E-state index in [1.807, 2.05) is 6.07 Å². The van der Waals surface area contributed by atoms with Crippen LogP contribution in [0, 0.1) is 17.8 Å². The number of hydrogen-bond acceptors (Lipinski definition) is 10. The fourth-order valence-corrected chi connectivity index (χ4v) is 6.96. The third-order valence-corrected chi connectivity index (χ3v) is 8.77. The Balaban J connectivity index is 1.62. The number of thiazole rings is 1. The molecule has 1 aliphatic heterocycles. The largest absolute Gasteiger partial charge is 0.395 e. The van der Waals surface area contributed by atoms with Gasteiger partial charge in [-0.2, -0.15) is 0 Å². The monoisotopic (exact) mass is 511 g/mol. The lowest BCUT2D eigenvalue weighted by atomic mass is 9.89. The Morgan fingerprint density at radius 1 is 1.50 bits per heavy atom. The van der Waals surface area contributed by atoms with Crippen molar-refractivity contribution in [3.63, 3.8) is 0 Å². The average Bonchev–Trinajstić information content (AvgIpc) is 3.17. The topological polar surface area (TPSA) is 107 Å². The molecule has 6 unspecified atom stereocenters. The maximum absolute atomic E-state index is 11.5. The minimum atomic E-state index is -0.170. The Morgan fingerprint density at radius 2 is 2.28 bits per heavy atom. The zero-order chi connectivity index (χ0) is 23.0. The first-order chi connectivity index (χ1) is 15.3. The van der Waals surface area contributed by atoms with Gasteiger partial charge in [0.2, 0.25) is 0 Å². The SMILES string of the molecule is CCCC1C(Sc2cc(S)cnc2C=O)OC2C(C)C2C1N(N)/C=C(\N)c1nc(Cl)cs1. The summed E-state index contributed by atoms with van der Waals surface area (Å²) < 4.78 is 6.49. The molecule has 2 aromatic heterocycles. The molecule has 1 aliphatic carbocycles. The molecular formula is C21H26ClN5O2S3. The van der Waals surface area contributed by atoms with Crippen molar-refractivity contribution in [3.8, 4) is 0 Å². The van der Waals surface area contributed by atoms with Crippen LogP contribution in [0.1, 0.15) is 42.2 Å². The lowest BCUT2D eigenvalue weighted by molar-refractivity contribution is -0.0307. The van der Waals surface area contributed by atoms with Crippen LogP contribution in [0.3, 0.4) is 0 Å². The highest BCUT2D eigenvalue weighted by atomic mass is 35.5. The second-order valence-electron chi connectivity index (χ2n) is 8.17. The molecule has 6 atom stereocenters. The third-order valence-electron chi connectivity index (χ3n) is 6.04. The van der Waals surface area contributed by atoms with E-state index in [4.69, 9.17) is 27.9 Å². The summed E-state index contributed by atoms with van der Waals surface area (Å²) in [5, 5.41) is 4.53. The number of carbonyl (C=O) groups excluding carboxylic acids is 1. The van der Waals surface area contributed by atoms with E-state index in [1.165, 1.54) is 23.1 Å². The van der Waals surface area contributed by atoms with Crippen molar-refractivity contribution in [2.75, 3.05) is 0 Å². The number of ether oxygens (including phenoxy) is 1. The molecule has 1 saturated heterocycles. The first kappa shape index (κ1) is 23.8. The number of hydrazine groups is 1. The number of nitrogens with zero attached hydrogens (tertiary/aromatic N) is 3. The molecule has 0 spiro atoms. The molecule has 7 nitrogen and oxygen atoms in total. The van der Waals surface area contributed by atoms with E-state index in [0.717, 1.165) is 24.0 Å². The molecule has 0 aromatic carbocycles. The second-order valence-corrected chi connectivity index (χ2v) is 11.1. The van der Waals surface area contributed by atoms with Crippen molar-refractivity contribution in [1.82, 2.24) is 15.0 Å². The highest BCUT2D eigenvalue weighted by Crippen LogP contribution is 2.56. The highest BCUT2D eigenvalue weighted by molar-refractivity contribution is 7.99. The fraction of sp³-hybridized carbons (Fsp3) is 0.476. The summed E-state index contributed by atoms with van der Waals surface area (Å²) in [4.78, 5) is 21.5. The summed E-state index contributed by atoms with van der Waals surface area (Å²) in [6.45, 7) is 4.34. The van der Waals surface area contributed by atoms with Crippen LogP contribution in [0.5, 0.6) is 0 Å². The van der Waals surface area contributed by atoms with Crippen molar-refractivity contribution >= 4 is 59.3 Å². The Kier molecular flexibility index (Phi) is 7.38. The molecule has 4 N–H and O–H groups in total. The highest BCUT2D eigenvalue weighted by Gasteiger charge is 2.61. The van der Waals surface area contributed by atoms with Crippen molar-refractivity contribution in [3.05, 3.63) is 39.7 Å². The number of aldehydes is 1. The van der Waals surface area contributed by atoms with Crippen LogP contribution in [0.4, 0.5) is 0 Å². The quantitative estimate of drug-likeness (QED) is 0.208. The van der Waals surface area contributed by atoms with Crippen LogP contribution in [-0.2, 0) is 4.74 Å². The van der Waals surface area contributed by atoms with Gasteiger partial charge in [-0.15, -0.1) is 24.0 Å². The number of hydrogen-bond donors (Lipinski definition) is 3. The van der Waals surface area contributed by atoms with Crippen molar-refractivity contribution in [1.29, 1.82) is 0 Å². The van der Waals surface area contributed by atoms with Crippen LogP contribution in [-0.4, -0.2) is 38.8 Å². The molecule has 0 radical (unpaired) electrons. The molecule has 4 rings (SSSR count). The summed E-state index contributed by atoms with van der Waals surface area (Å²) in [6.07, 6.45) is 6.12. The lowest BCUT2D eigenvalue weighted by Crippen LogP contribution is -2.51. The van der Waals surface area contributed by atoms with E-state index >= 15 is 0 Å². The molecule has 3 heterocycles. The molecule has 172 valence electrons. The number of halogens is 1. The smallest absolute Gasteiger partial charge is 0.169 e. The number of rotatable bonds is 8. The fourth-order valence-electron chi connectivity index (χ4n) is 4.49. The number of aromatic nitrogens is 2. The Hall–Kier alpha value is -1.30. The maximum atomic E-state index is 11.5. The Labute approximate surface area is 206 Å². The molecule has 2 aromatic rings. The molecular weight excluding hydrogens is 486 g/mol. The van der Waals surface area contributed by atoms with E-state index in [-0.39, 0.29) is 23.5 Å². The number of fused-ring (bicyclic) bond motifs is 1. The van der Waals surface area contributed by atoms with Gasteiger partial charge in [0.25, 0.3) is 0 Å². The minimum absolute atomic E-state index is 0.0435. The summed E-state index contributed by atoms with van der Waals surface area (Å²) in [5.74, 6) is 7.44. The summed E-state index contributed by atoms with van der Waals surface area (Å²) in [7, 11) is 0. The van der Waals surface area contributed by atoms with Crippen LogP contribution >= 0.6 is 47.3 Å². The number of thioether (sulfide) groups is 1.